The fraction of sp³-hybridized carbons (Fsp3) is 0.182. The molecule has 0 aliphatic carbocycles. The van der Waals surface area contributed by atoms with E-state index in [4.69, 9.17) is 42.1 Å². The Bertz CT molecular complexity index is 1670. The maximum atomic E-state index is 12.9. The monoisotopic (exact) mass is 761 g/mol. The van der Waals surface area contributed by atoms with Crippen molar-refractivity contribution in [2.75, 3.05) is 25.1 Å². The molecule has 0 saturated carbocycles. The van der Waals surface area contributed by atoms with Gasteiger partial charge in [-0.1, -0.05) is 53.5 Å². The van der Waals surface area contributed by atoms with Crippen molar-refractivity contribution in [3.63, 3.8) is 0 Å². The van der Waals surface area contributed by atoms with Gasteiger partial charge in [0, 0.05) is 11.3 Å². The average molecular weight is 762 g/mol. The van der Waals surface area contributed by atoms with Gasteiger partial charge in [0.25, 0.3) is 11.8 Å². The number of ether oxygens (including phenoxy) is 4. The van der Waals surface area contributed by atoms with Crippen molar-refractivity contribution in [3.05, 3.63) is 109 Å². The molecule has 0 bridgehead atoms. The summed E-state index contributed by atoms with van der Waals surface area (Å²) in [5.41, 5.74) is 5.05. The van der Waals surface area contributed by atoms with E-state index in [1.165, 1.54) is 6.21 Å². The second-order valence-corrected chi connectivity index (χ2v) is 11.3. The van der Waals surface area contributed by atoms with Gasteiger partial charge in [0.05, 0.1) is 33.0 Å². The summed E-state index contributed by atoms with van der Waals surface area (Å²) in [7, 11) is 0. The number of hydrazone groups is 1. The highest BCUT2D eigenvalue weighted by Gasteiger charge is 2.15. The van der Waals surface area contributed by atoms with Crippen LogP contribution >= 0.6 is 45.8 Å². The first-order valence-corrected chi connectivity index (χ1v) is 15.7. The summed E-state index contributed by atoms with van der Waals surface area (Å²) in [4.78, 5) is 25.4. The van der Waals surface area contributed by atoms with Gasteiger partial charge >= 0.3 is 0 Å². The van der Waals surface area contributed by atoms with Crippen LogP contribution in [0.5, 0.6) is 23.0 Å². The molecule has 0 atom stereocenters. The number of carbonyl (C=O) groups excluding carboxylic acids is 2. The summed E-state index contributed by atoms with van der Waals surface area (Å²) in [6.45, 7) is 4.58. The Labute approximate surface area is 284 Å². The topological polar surface area (TPSA) is 107 Å². The number of hydrogen-bond donors (Lipinski definition) is 2. The summed E-state index contributed by atoms with van der Waals surface area (Å²) >= 11 is 14.0. The summed E-state index contributed by atoms with van der Waals surface area (Å²) in [5.74, 6) is 1.01. The van der Waals surface area contributed by atoms with E-state index in [2.05, 4.69) is 38.4 Å². The van der Waals surface area contributed by atoms with Gasteiger partial charge in [-0.05, 0) is 96.1 Å². The van der Waals surface area contributed by atoms with Crippen LogP contribution in [0, 0.1) is 3.57 Å². The number of carbonyl (C=O) groups is 2. The van der Waals surface area contributed by atoms with Crippen LogP contribution in [0.3, 0.4) is 0 Å². The van der Waals surface area contributed by atoms with E-state index < -0.39 is 5.91 Å². The minimum absolute atomic E-state index is 0.264. The standard InChI is InChI=1S/C33H30Cl2IN3O6/c1-3-42-29-16-23(10-13-28(29)44-19-21-8-6-5-7-9-21)33(41)39-37-18-22-14-27(36)32(30(15-22)43-4-2)45-20-31(40)38-24-11-12-25(34)26(35)17-24/h5-18H,3-4,19-20H2,1-2H3,(H,38,40)(H,39,41)/b37-18+. The minimum atomic E-state index is -0.422. The van der Waals surface area contributed by atoms with Crippen LogP contribution < -0.4 is 29.7 Å². The number of amides is 2. The number of hydrogen-bond acceptors (Lipinski definition) is 7. The lowest BCUT2D eigenvalue weighted by atomic mass is 10.2. The predicted octanol–water partition coefficient (Wildman–Crippen LogP) is 7.76. The molecular weight excluding hydrogens is 732 g/mol. The Balaban J connectivity index is 1.39. The van der Waals surface area contributed by atoms with Gasteiger partial charge < -0.3 is 24.3 Å². The van der Waals surface area contributed by atoms with Gasteiger partial charge in [0.2, 0.25) is 0 Å². The van der Waals surface area contributed by atoms with E-state index in [1.807, 2.05) is 44.2 Å². The molecular formula is C33H30Cl2IN3O6. The van der Waals surface area contributed by atoms with Crippen LogP contribution in [-0.2, 0) is 11.4 Å². The molecule has 234 valence electrons. The van der Waals surface area contributed by atoms with Gasteiger partial charge in [-0.15, -0.1) is 0 Å². The third-order valence-electron chi connectivity index (χ3n) is 6.01. The van der Waals surface area contributed by atoms with E-state index in [1.54, 1.807) is 48.5 Å². The number of rotatable bonds is 14. The minimum Gasteiger partial charge on any atom is -0.490 e. The number of benzene rings is 4. The summed E-state index contributed by atoms with van der Waals surface area (Å²) in [5, 5.41) is 7.55. The number of halogens is 3. The second kappa shape index (κ2) is 16.9. The smallest absolute Gasteiger partial charge is 0.271 e. The Morgan fingerprint density at radius 1 is 0.822 bits per heavy atom. The fourth-order valence-corrected chi connectivity index (χ4v) is 5.06. The molecule has 0 saturated heterocycles. The third-order valence-corrected chi connectivity index (χ3v) is 7.55. The zero-order valence-electron chi connectivity index (χ0n) is 24.4. The molecule has 0 aliphatic heterocycles. The molecule has 2 N–H and O–H groups in total. The molecule has 2 amide bonds. The molecule has 45 heavy (non-hydrogen) atoms. The highest BCUT2D eigenvalue weighted by atomic mass is 127. The van der Waals surface area contributed by atoms with E-state index >= 15 is 0 Å². The van der Waals surface area contributed by atoms with Crippen molar-refractivity contribution in [1.29, 1.82) is 0 Å². The average Bonchev–Trinajstić information content (AvgIpc) is 3.02. The molecule has 4 aromatic rings. The number of anilines is 1. The number of nitrogens with zero attached hydrogens (tertiary/aromatic N) is 1. The van der Waals surface area contributed by atoms with Gasteiger partial charge in [0.1, 0.15) is 6.61 Å². The molecule has 0 fully saturated rings. The van der Waals surface area contributed by atoms with Crippen molar-refractivity contribution in [2.45, 2.75) is 20.5 Å². The van der Waals surface area contributed by atoms with E-state index in [0.717, 1.165) is 5.56 Å². The highest BCUT2D eigenvalue weighted by molar-refractivity contribution is 14.1. The van der Waals surface area contributed by atoms with Crippen LogP contribution in [0.1, 0.15) is 35.3 Å². The summed E-state index contributed by atoms with van der Waals surface area (Å²) in [6.07, 6.45) is 1.49. The fourth-order valence-electron chi connectivity index (χ4n) is 3.98. The van der Waals surface area contributed by atoms with Crippen molar-refractivity contribution in [1.82, 2.24) is 5.43 Å². The first-order chi connectivity index (χ1) is 21.8. The lowest BCUT2D eigenvalue weighted by molar-refractivity contribution is -0.118. The number of nitrogens with one attached hydrogen (secondary N) is 2. The van der Waals surface area contributed by atoms with E-state index in [-0.39, 0.29) is 12.5 Å². The molecule has 0 aromatic heterocycles. The normalized spacial score (nSPS) is 10.8. The Morgan fingerprint density at radius 3 is 2.31 bits per heavy atom. The summed E-state index contributed by atoms with van der Waals surface area (Å²) < 4.78 is 23.9. The Kier molecular flexibility index (Phi) is 12.7. The third kappa shape index (κ3) is 10.0. The summed E-state index contributed by atoms with van der Waals surface area (Å²) in [6, 6.07) is 23.0. The largest absolute Gasteiger partial charge is 0.490 e. The molecule has 0 aliphatic rings. The van der Waals surface area contributed by atoms with E-state index in [9.17, 15) is 9.59 Å². The van der Waals surface area contributed by atoms with Crippen LogP contribution in [0.25, 0.3) is 0 Å². The molecule has 0 spiro atoms. The van der Waals surface area contributed by atoms with Gasteiger partial charge in [-0.25, -0.2) is 5.43 Å². The molecule has 12 heteroatoms. The SMILES string of the molecule is CCOc1cc(C(=O)N/N=C/c2cc(I)c(OCC(=O)Nc3ccc(Cl)c(Cl)c3)c(OCC)c2)ccc1OCc1ccccc1. The van der Waals surface area contributed by atoms with Gasteiger partial charge in [0.15, 0.2) is 29.6 Å². The van der Waals surface area contributed by atoms with Crippen molar-refractivity contribution >= 4 is 69.5 Å². The molecule has 0 unspecified atom stereocenters. The molecule has 4 rings (SSSR count). The van der Waals surface area contributed by atoms with E-state index in [0.29, 0.717) is 73.2 Å². The zero-order valence-corrected chi connectivity index (χ0v) is 28.1. The van der Waals surface area contributed by atoms with Crippen molar-refractivity contribution < 1.29 is 28.5 Å². The van der Waals surface area contributed by atoms with Gasteiger partial charge in [-0.3, -0.25) is 9.59 Å². The maximum absolute atomic E-state index is 12.9. The van der Waals surface area contributed by atoms with Crippen LogP contribution in [0.2, 0.25) is 10.0 Å². The molecule has 4 aromatic carbocycles. The lowest BCUT2D eigenvalue weighted by Crippen LogP contribution is -2.20. The maximum Gasteiger partial charge on any atom is 0.271 e. The quantitative estimate of drug-likeness (QED) is 0.0774. The molecule has 0 radical (unpaired) electrons. The molecule has 9 nitrogen and oxygen atoms in total. The Hall–Kier alpha value is -4.00. The highest BCUT2D eigenvalue weighted by Crippen LogP contribution is 2.34. The Morgan fingerprint density at radius 2 is 1.58 bits per heavy atom. The predicted molar refractivity (Wildman–Crippen MR) is 184 cm³/mol. The van der Waals surface area contributed by atoms with Crippen LogP contribution in [-0.4, -0.2) is 37.8 Å². The second-order valence-electron chi connectivity index (χ2n) is 9.30. The first kappa shape index (κ1) is 33.9. The van der Waals surface area contributed by atoms with Crippen molar-refractivity contribution in [3.8, 4) is 23.0 Å². The first-order valence-electron chi connectivity index (χ1n) is 13.9. The van der Waals surface area contributed by atoms with Crippen LogP contribution in [0.4, 0.5) is 5.69 Å². The van der Waals surface area contributed by atoms with Crippen molar-refractivity contribution in [2.24, 2.45) is 5.10 Å². The zero-order chi connectivity index (χ0) is 32.2. The molecule has 0 heterocycles. The van der Waals surface area contributed by atoms with Gasteiger partial charge in [-0.2, -0.15) is 5.10 Å². The van der Waals surface area contributed by atoms with Crippen LogP contribution in [0.15, 0.2) is 84.0 Å². The lowest BCUT2D eigenvalue weighted by Gasteiger charge is -2.15.